The third-order valence-electron chi connectivity index (χ3n) is 3.25. The van der Waals surface area contributed by atoms with E-state index in [1.54, 1.807) is 12.5 Å². The van der Waals surface area contributed by atoms with Crippen molar-refractivity contribution in [1.29, 1.82) is 0 Å². The Labute approximate surface area is 83.1 Å². The van der Waals surface area contributed by atoms with Crippen LogP contribution >= 0.6 is 0 Å². The molecule has 14 heavy (non-hydrogen) atoms. The Kier molecular flexibility index (Phi) is 1.56. The molecule has 1 saturated heterocycles. The summed E-state index contributed by atoms with van der Waals surface area (Å²) in [6.45, 7) is 1.91. The molecule has 1 saturated carbocycles. The third-order valence-corrected chi connectivity index (χ3v) is 3.25. The van der Waals surface area contributed by atoms with Crippen LogP contribution in [0.25, 0.3) is 0 Å². The molecule has 1 aliphatic carbocycles. The lowest BCUT2D eigenvalue weighted by atomic mass is 9.86. The van der Waals surface area contributed by atoms with Gasteiger partial charge in [0.2, 0.25) is 0 Å². The predicted octanol–water partition coefficient (Wildman–Crippen LogP) is 0.404. The second kappa shape index (κ2) is 2.67. The van der Waals surface area contributed by atoms with Gasteiger partial charge in [-0.2, -0.15) is 0 Å². The van der Waals surface area contributed by atoms with E-state index in [1.165, 1.54) is 12.8 Å². The summed E-state index contributed by atoms with van der Waals surface area (Å²) in [6.07, 6.45) is 5.99. The van der Waals surface area contributed by atoms with E-state index in [4.69, 9.17) is 5.73 Å². The first-order chi connectivity index (χ1) is 6.78. The average Bonchev–Trinajstić information content (AvgIpc) is 2.98. The first-order valence-corrected chi connectivity index (χ1v) is 5.08. The molecule has 2 fully saturated rings. The van der Waals surface area contributed by atoms with Crippen LogP contribution in [0.1, 0.15) is 12.8 Å². The van der Waals surface area contributed by atoms with Gasteiger partial charge in [0.15, 0.2) is 0 Å². The normalized spacial score (nSPS) is 24.5. The Hall–Kier alpha value is -1.16. The van der Waals surface area contributed by atoms with Crippen molar-refractivity contribution in [2.45, 2.75) is 18.4 Å². The zero-order valence-electron chi connectivity index (χ0n) is 8.06. The molecule has 4 heteroatoms. The fourth-order valence-electron chi connectivity index (χ4n) is 2.21. The third kappa shape index (κ3) is 1.18. The van der Waals surface area contributed by atoms with Gasteiger partial charge in [-0.15, -0.1) is 0 Å². The molecule has 3 rings (SSSR count). The van der Waals surface area contributed by atoms with Gasteiger partial charge in [-0.1, -0.05) is 0 Å². The Balaban J connectivity index is 1.69. The molecule has 1 aromatic heterocycles. The molecule has 4 nitrogen and oxygen atoms in total. The summed E-state index contributed by atoms with van der Waals surface area (Å²) >= 11 is 0. The van der Waals surface area contributed by atoms with E-state index in [-0.39, 0.29) is 5.54 Å². The van der Waals surface area contributed by atoms with Crippen molar-refractivity contribution in [2.24, 2.45) is 11.7 Å². The van der Waals surface area contributed by atoms with Crippen molar-refractivity contribution < 1.29 is 0 Å². The molecule has 1 aromatic rings. The van der Waals surface area contributed by atoms with Gasteiger partial charge in [0.05, 0.1) is 5.54 Å². The topological polar surface area (TPSA) is 55.0 Å². The molecule has 0 amide bonds. The van der Waals surface area contributed by atoms with Crippen LogP contribution < -0.4 is 10.6 Å². The standard InChI is InChI=1S/C10H14N4/c11-10(8-1-2-8)5-14(6-10)9-3-4-12-7-13-9/h3-4,7-8H,1-2,5-6,11H2. The summed E-state index contributed by atoms with van der Waals surface area (Å²) in [5, 5.41) is 0. The van der Waals surface area contributed by atoms with Gasteiger partial charge in [-0.3, -0.25) is 0 Å². The first kappa shape index (κ1) is 8.17. The van der Waals surface area contributed by atoms with Crippen LogP contribution in [0.2, 0.25) is 0 Å². The lowest BCUT2D eigenvalue weighted by molar-refractivity contribution is 0.289. The highest BCUT2D eigenvalue weighted by Crippen LogP contribution is 2.43. The van der Waals surface area contributed by atoms with E-state index in [1.807, 2.05) is 6.07 Å². The van der Waals surface area contributed by atoms with Crippen molar-refractivity contribution in [2.75, 3.05) is 18.0 Å². The van der Waals surface area contributed by atoms with Gasteiger partial charge in [0, 0.05) is 19.3 Å². The zero-order valence-corrected chi connectivity index (χ0v) is 8.06. The molecule has 0 bridgehead atoms. The van der Waals surface area contributed by atoms with Crippen molar-refractivity contribution in [3.8, 4) is 0 Å². The fourth-order valence-corrected chi connectivity index (χ4v) is 2.21. The van der Waals surface area contributed by atoms with Gasteiger partial charge in [-0.25, -0.2) is 9.97 Å². The number of nitrogens with two attached hydrogens (primary N) is 1. The van der Waals surface area contributed by atoms with Gasteiger partial charge in [0.1, 0.15) is 12.1 Å². The van der Waals surface area contributed by atoms with E-state index in [0.29, 0.717) is 0 Å². The molecule has 74 valence electrons. The van der Waals surface area contributed by atoms with Crippen LogP contribution in [0.5, 0.6) is 0 Å². The molecule has 0 unspecified atom stereocenters. The van der Waals surface area contributed by atoms with Gasteiger partial charge in [-0.05, 0) is 24.8 Å². The lowest BCUT2D eigenvalue weighted by Gasteiger charge is -2.48. The molecule has 0 spiro atoms. The number of hydrogen-bond donors (Lipinski definition) is 1. The van der Waals surface area contributed by atoms with Crippen molar-refractivity contribution in [1.82, 2.24) is 9.97 Å². The average molecular weight is 190 g/mol. The van der Waals surface area contributed by atoms with Crippen LogP contribution in [0.15, 0.2) is 18.6 Å². The molecule has 0 atom stereocenters. The second-order valence-electron chi connectivity index (χ2n) is 4.43. The SMILES string of the molecule is NC1(C2CC2)CN(c2ccncn2)C1. The fraction of sp³-hybridized carbons (Fsp3) is 0.600. The highest BCUT2D eigenvalue weighted by atomic mass is 15.3. The number of nitrogens with zero attached hydrogens (tertiary/aromatic N) is 3. The summed E-state index contributed by atoms with van der Waals surface area (Å²) < 4.78 is 0. The maximum absolute atomic E-state index is 6.25. The lowest BCUT2D eigenvalue weighted by Crippen LogP contribution is -2.69. The quantitative estimate of drug-likeness (QED) is 0.733. The number of aromatic nitrogens is 2. The van der Waals surface area contributed by atoms with Crippen LogP contribution in [-0.4, -0.2) is 28.6 Å². The molecule has 0 radical (unpaired) electrons. The Morgan fingerprint density at radius 3 is 2.79 bits per heavy atom. The van der Waals surface area contributed by atoms with Crippen LogP contribution in [0, 0.1) is 5.92 Å². The Morgan fingerprint density at radius 2 is 2.21 bits per heavy atom. The monoisotopic (exact) mass is 190 g/mol. The molecule has 0 aromatic carbocycles. The maximum atomic E-state index is 6.25. The summed E-state index contributed by atoms with van der Waals surface area (Å²) in [5.41, 5.74) is 6.33. The molecular weight excluding hydrogens is 176 g/mol. The van der Waals surface area contributed by atoms with Gasteiger partial charge >= 0.3 is 0 Å². The highest BCUT2D eigenvalue weighted by molar-refractivity contribution is 5.44. The molecule has 2 heterocycles. The molecular formula is C10H14N4. The summed E-state index contributed by atoms with van der Waals surface area (Å²) in [4.78, 5) is 10.3. The van der Waals surface area contributed by atoms with Crippen molar-refractivity contribution in [3.05, 3.63) is 18.6 Å². The Bertz CT molecular complexity index is 327. The second-order valence-corrected chi connectivity index (χ2v) is 4.43. The zero-order chi connectivity index (χ0) is 9.60. The van der Waals surface area contributed by atoms with Crippen LogP contribution in [0.3, 0.4) is 0 Å². The van der Waals surface area contributed by atoms with E-state index in [0.717, 1.165) is 24.8 Å². The number of hydrogen-bond acceptors (Lipinski definition) is 4. The van der Waals surface area contributed by atoms with Crippen molar-refractivity contribution in [3.63, 3.8) is 0 Å². The minimum Gasteiger partial charge on any atom is -0.353 e. The van der Waals surface area contributed by atoms with E-state index >= 15 is 0 Å². The minimum atomic E-state index is 0.0744. The Morgan fingerprint density at radius 1 is 1.43 bits per heavy atom. The number of anilines is 1. The molecule has 2 aliphatic rings. The van der Waals surface area contributed by atoms with Crippen LogP contribution in [0.4, 0.5) is 5.82 Å². The van der Waals surface area contributed by atoms with Crippen molar-refractivity contribution >= 4 is 5.82 Å². The smallest absolute Gasteiger partial charge is 0.132 e. The molecule has 1 aliphatic heterocycles. The summed E-state index contributed by atoms with van der Waals surface area (Å²) in [6, 6.07) is 1.94. The molecule has 2 N–H and O–H groups in total. The van der Waals surface area contributed by atoms with Crippen LogP contribution in [-0.2, 0) is 0 Å². The first-order valence-electron chi connectivity index (χ1n) is 5.08. The van der Waals surface area contributed by atoms with E-state index in [2.05, 4.69) is 14.9 Å². The largest absolute Gasteiger partial charge is 0.353 e. The minimum absolute atomic E-state index is 0.0744. The summed E-state index contributed by atoms with van der Waals surface area (Å²) in [7, 11) is 0. The summed E-state index contributed by atoms with van der Waals surface area (Å²) in [5.74, 6) is 1.77. The maximum Gasteiger partial charge on any atom is 0.132 e. The van der Waals surface area contributed by atoms with E-state index in [9.17, 15) is 0 Å². The predicted molar refractivity (Wildman–Crippen MR) is 53.9 cm³/mol. The number of rotatable bonds is 2. The van der Waals surface area contributed by atoms with Gasteiger partial charge in [0.25, 0.3) is 0 Å². The van der Waals surface area contributed by atoms with E-state index < -0.39 is 0 Å². The van der Waals surface area contributed by atoms with Gasteiger partial charge < -0.3 is 10.6 Å². The highest BCUT2D eigenvalue weighted by Gasteiger charge is 2.50.